The monoisotopic (exact) mass is 473 g/mol. The van der Waals surface area contributed by atoms with Crippen LogP contribution in [0.1, 0.15) is 37.8 Å². The van der Waals surface area contributed by atoms with E-state index in [4.69, 9.17) is 4.74 Å². The van der Waals surface area contributed by atoms with Crippen molar-refractivity contribution in [2.45, 2.75) is 45.1 Å². The standard InChI is InChI=1S/C26H39N3O3S/c1-22(2)21-32-26-13-7-10-24(23(26)3)20-27-14-8-15-28-16-9-17-29(19-18-28)33(30,31)25-11-5-4-6-12-25/h4-7,10-13,22,27H,8-9,14-21H2,1-3H3. The number of ether oxygens (including phenoxy) is 1. The molecule has 2 aromatic carbocycles. The molecule has 6 nitrogen and oxygen atoms in total. The van der Waals surface area contributed by atoms with Gasteiger partial charge in [0.25, 0.3) is 0 Å². The van der Waals surface area contributed by atoms with Crippen LogP contribution in [0.4, 0.5) is 0 Å². The fourth-order valence-corrected chi connectivity index (χ4v) is 5.56. The minimum Gasteiger partial charge on any atom is -0.493 e. The van der Waals surface area contributed by atoms with Crippen LogP contribution in [0.25, 0.3) is 0 Å². The molecule has 1 N–H and O–H groups in total. The average Bonchev–Trinajstić information content (AvgIpc) is 3.06. The summed E-state index contributed by atoms with van der Waals surface area (Å²) in [6.07, 6.45) is 1.90. The van der Waals surface area contributed by atoms with Crippen LogP contribution in [0, 0.1) is 12.8 Å². The lowest BCUT2D eigenvalue weighted by molar-refractivity contribution is 0.269. The number of sulfonamides is 1. The largest absolute Gasteiger partial charge is 0.493 e. The Bertz CT molecular complexity index is 964. The van der Waals surface area contributed by atoms with Gasteiger partial charge in [-0.3, -0.25) is 0 Å². The summed E-state index contributed by atoms with van der Waals surface area (Å²) >= 11 is 0. The van der Waals surface area contributed by atoms with E-state index in [0.29, 0.717) is 23.9 Å². The van der Waals surface area contributed by atoms with Crippen LogP contribution in [0.3, 0.4) is 0 Å². The lowest BCUT2D eigenvalue weighted by Gasteiger charge is -2.22. The third-order valence-electron chi connectivity index (χ3n) is 6.04. The van der Waals surface area contributed by atoms with Crippen LogP contribution >= 0.6 is 0 Å². The molecule has 182 valence electrons. The molecule has 1 heterocycles. The van der Waals surface area contributed by atoms with Gasteiger partial charge in [-0.05, 0) is 74.6 Å². The van der Waals surface area contributed by atoms with Gasteiger partial charge in [-0.15, -0.1) is 0 Å². The number of nitrogens with zero attached hydrogens (tertiary/aromatic N) is 2. The number of rotatable bonds is 11. The fraction of sp³-hybridized carbons (Fsp3) is 0.538. The highest BCUT2D eigenvalue weighted by atomic mass is 32.2. The molecule has 0 unspecified atom stereocenters. The Labute approximate surface area is 200 Å². The van der Waals surface area contributed by atoms with Crippen molar-refractivity contribution >= 4 is 10.0 Å². The van der Waals surface area contributed by atoms with E-state index in [9.17, 15) is 8.42 Å². The SMILES string of the molecule is Cc1c(CNCCCN2CCCN(S(=O)(=O)c3ccccc3)CC2)cccc1OCC(C)C. The predicted molar refractivity (Wildman–Crippen MR) is 134 cm³/mol. The summed E-state index contributed by atoms with van der Waals surface area (Å²) in [5.74, 6) is 1.48. The molecule has 0 saturated carbocycles. The van der Waals surface area contributed by atoms with Crippen molar-refractivity contribution in [3.8, 4) is 5.75 Å². The highest BCUT2D eigenvalue weighted by molar-refractivity contribution is 7.89. The van der Waals surface area contributed by atoms with Gasteiger partial charge >= 0.3 is 0 Å². The normalized spacial score (nSPS) is 16.1. The van der Waals surface area contributed by atoms with Crippen molar-refractivity contribution in [2.24, 2.45) is 5.92 Å². The average molecular weight is 474 g/mol. The van der Waals surface area contributed by atoms with Gasteiger partial charge in [0.15, 0.2) is 0 Å². The molecule has 0 atom stereocenters. The van der Waals surface area contributed by atoms with Crippen LogP contribution < -0.4 is 10.1 Å². The molecule has 3 rings (SSSR count). The highest BCUT2D eigenvalue weighted by Crippen LogP contribution is 2.22. The molecule has 1 aliphatic heterocycles. The van der Waals surface area contributed by atoms with Crippen LogP contribution in [-0.4, -0.2) is 63.5 Å². The first kappa shape index (κ1) is 25.7. The van der Waals surface area contributed by atoms with Gasteiger partial charge in [0.2, 0.25) is 10.0 Å². The maximum absolute atomic E-state index is 12.9. The first-order valence-corrected chi connectivity index (χ1v) is 13.5. The van der Waals surface area contributed by atoms with E-state index in [-0.39, 0.29) is 0 Å². The van der Waals surface area contributed by atoms with Crippen molar-refractivity contribution in [1.29, 1.82) is 0 Å². The topological polar surface area (TPSA) is 61.9 Å². The molecule has 1 aliphatic rings. The zero-order chi connectivity index (χ0) is 23.7. The Morgan fingerprint density at radius 3 is 2.55 bits per heavy atom. The van der Waals surface area contributed by atoms with Gasteiger partial charge in [-0.1, -0.05) is 44.2 Å². The second kappa shape index (κ2) is 12.5. The van der Waals surface area contributed by atoms with Gasteiger partial charge < -0.3 is 15.0 Å². The van der Waals surface area contributed by atoms with E-state index in [2.05, 4.69) is 43.1 Å². The van der Waals surface area contributed by atoms with Gasteiger partial charge in [-0.2, -0.15) is 4.31 Å². The molecule has 0 aromatic heterocycles. The number of benzene rings is 2. The summed E-state index contributed by atoms with van der Waals surface area (Å²) in [5, 5.41) is 3.56. The molecule has 7 heteroatoms. The first-order valence-electron chi connectivity index (χ1n) is 12.1. The molecule has 1 saturated heterocycles. The van der Waals surface area contributed by atoms with Gasteiger partial charge in [0, 0.05) is 26.2 Å². The van der Waals surface area contributed by atoms with E-state index < -0.39 is 10.0 Å². The molecule has 2 aromatic rings. The number of hydrogen-bond acceptors (Lipinski definition) is 5. The van der Waals surface area contributed by atoms with Gasteiger partial charge in [0.1, 0.15) is 5.75 Å². The summed E-state index contributed by atoms with van der Waals surface area (Å²) in [5.41, 5.74) is 2.48. The zero-order valence-corrected chi connectivity index (χ0v) is 21.1. The van der Waals surface area contributed by atoms with Crippen molar-refractivity contribution in [2.75, 3.05) is 45.9 Å². The van der Waals surface area contributed by atoms with E-state index >= 15 is 0 Å². The van der Waals surface area contributed by atoms with E-state index in [1.807, 2.05) is 12.1 Å². The van der Waals surface area contributed by atoms with E-state index in [1.165, 1.54) is 11.1 Å². The summed E-state index contributed by atoms with van der Waals surface area (Å²) in [6.45, 7) is 12.8. The smallest absolute Gasteiger partial charge is 0.243 e. The van der Waals surface area contributed by atoms with Crippen molar-refractivity contribution in [1.82, 2.24) is 14.5 Å². The molecule has 0 bridgehead atoms. The third-order valence-corrected chi connectivity index (χ3v) is 7.95. The Kier molecular flexibility index (Phi) is 9.74. The van der Waals surface area contributed by atoms with Crippen LogP contribution in [0.5, 0.6) is 5.75 Å². The molecule has 0 radical (unpaired) electrons. The highest BCUT2D eigenvalue weighted by Gasteiger charge is 2.26. The van der Waals surface area contributed by atoms with E-state index in [1.54, 1.807) is 28.6 Å². The lowest BCUT2D eigenvalue weighted by Crippen LogP contribution is -2.35. The quantitative estimate of drug-likeness (QED) is 0.502. The van der Waals surface area contributed by atoms with Crippen molar-refractivity contribution < 1.29 is 13.2 Å². The van der Waals surface area contributed by atoms with Crippen molar-refractivity contribution in [3.05, 3.63) is 59.7 Å². The van der Waals surface area contributed by atoms with Crippen LogP contribution in [0.2, 0.25) is 0 Å². The second-order valence-corrected chi connectivity index (χ2v) is 11.1. The van der Waals surface area contributed by atoms with Gasteiger partial charge in [-0.25, -0.2) is 8.42 Å². The van der Waals surface area contributed by atoms with E-state index in [0.717, 1.165) is 57.9 Å². The van der Waals surface area contributed by atoms with Crippen molar-refractivity contribution in [3.63, 3.8) is 0 Å². The summed E-state index contributed by atoms with van der Waals surface area (Å²) in [6, 6.07) is 15.0. The predicted octanol–water partition coefficient (Wildman–Crippen LogP) is 3.91. The minimum absolute atomic E-state index is 0.386. The molecule has 0 amide bonds. The summed E-state index contributed by atoms with van der Waals surface area (Å²) in [7, 11) is -3.40. The Morgan fingerprint density at radius 1 is 1.00 bits per heavy atom. The summed E-state index contributed by atoms with van der Waals surface area (Å²) < 4.78 is 33.4. The zero-order valence-electron chi connectivity index (χ0n) is 20.3. The number of hydrogen-bond donors (Lipinski definition) is 1. The first-order chi connectivity index (χ1) is 15.9. The molecule has 33 heavy (non-hydrogen) atoms. The Morgan fingerprint density at radius 2 is 1.79 bits per heavy atom. The molecule has 0 aliphatic carbocycles. The Hall–Kier alpha value is -1.93. The van der Waals surface area contributed by atoms with Gasteiger partial charge in [0.05, 0.1) is 11.5 Å². The summed E-state index contributed by atoms with van der Waals surface area (Å²) in [4.78, 5) is 2.77. The second-order valence-electron chi connectivity index (χ2n) is 9.19. The fourth-order valence-electron chi connectivity index (χ4n) is 4.07. The lowest BCUT2D eigenvalue weighted by atomic mass is 10.1. The molecular weight excluding hydrogens is 434 g/mol. The third kappa shape index (κ3) is 7.54. The molecule has 1 fully saturated rings. The molecule has 0 spiro atoms. The maximum atomic E-state index is 12.9. The Balaban J connectivity index is 1.40. The number of nitrogens with one attached hydrogen (secondary N) is 1. The minimum atomic E-state index is -3.40. The molecular formula is C26H39N3O3S. The van der Waals surface area contributed by atoms with Crippen LogP contribution in [-0.2, 0) is 16.6 Å². The van der Waals surface area contributed by atoms with Crippen LogP contribution in [0.15, 0.2) is 53.4 Å². The maximum Gasteiger partial charge on any atom is 0.243 e.